The maximum absolute atomic E-state index is 8.61. The topological polar surface area (TPSA) is 64.8 Å². The van der Waals surface area contributed by atoms with Crippen LogP contribution in [-0.2, 0) is 0 Å². The highest BCUT2D eigenvalue weighted by Gasteiger charge is 2.04. The van der Waals surface area contributed by atoms with Gasteiger partial charge in [-0.2, -0.15) is 5.26 Å². The molecule has 1 N–H and O–H groups in total. The number of halogens is 1. The minimum absolute atomic E-state index is 0.467. The van der Waals surface area contributed by atoms with Crippen LogP contribution < -0.4 is 10.2 Å². The molecule has 0 radical (unpaired) electrons. The average molecular weight is 332 g/mol. The first-order valence-corrected chi connectivity index (χ1v) is 6.91. The van der Waals surface area contributed by atoms with Crippen molar-refractivity contribution in [2.45, 2.75) is 6.42 Å². The van der Waals surface area contributed by atoms with Gasteiger partial charge in [0.1, 0.15) is 18.0 Å². The summed E-state index contributed by atoms with van der Waals surface area (Å²) >= 11 is 3.43. The summed E-state index contributed by atoms with van der Waals surface area (Å²) in [4.78, 5) is 10.3. The minimum Gasteiger partial charge on any atom is -0.358 e. The lowest BCUT2D eigenvalue weighted by molar-refractivity contribution is 0.880. The Labute approximate surface area is 126 Å². The standard InChI is InChI=1S/C14H14BrN5/c1-20(7-3-6-16)14-9-13(17-10-18-14)19-12-5-2-4-11(15)8-12/h2,4-5,8-10H,3,7H2,1H3,(H,17,18,19). The van der Waals surface area contributed by atoms with Crippen molar-refractivity contribution in [2.24, 2.45) is 0 Å². The molecule has 0 spiro atoms. The van der Waals surface area contributed by atoms with E-state index in [1.807, 2.05) is 42.3 Å². The van der Waals surface area contributed by atoms with Gasteiger partial charge in [-0.05, 0) is 18.2 Å². The smallest absolute Gasteiger partial charge is 0.135 e. The van der Waals surface area contributed by atoms with Crippen molar-refractivity contribution in [1.29, 1.82) is 5.26 Å². The predicted octanol–water partition coefficient (Wildman–Crippen LogP) is 3.33. The molecule has 1 aromatic heterocycles. The van der Waals surface area contributed by atoms with Gasteiger partial charge in [-0.1, -0.05) is 22.0 Å². The van der Waals surface area contributed by atoms with Crippen LogP contribution in [0.5, 0.6) is 0 Å². The summed E-state index contributed by atoms with van der Waals surface area (Å²) in [7, 11) is 1.91. The predicted molar refractivity (Wildman–Crippen MR) is 83.0 cm³/mol. The van der Waals surface area contributed by atoms with E-state index < -0.39 is 0 Å². The third-order valence-electron chi connectivity index (χ3n) is 2.70. The van der Waals surface area contributed by atoms with E-state index in [1.54, 1.807) is 0 Å². The van der Waals surface area contributed by atoms with Crippen molar-refractivity contribution in [3.8, 4) is 6.07 Å². The fourth-order valence-corrected chi connectivity index (χ4v) is 2.07. The molecule has 102 valence electrons. The summed E-state index contributed by atoms with van der Waals surface area (Å²) in [5.74, 6) is 1.50. The maximum Gasteiger partial charge on any atom is 0.135 e. The third kappa shape index (κ3) is 3.93. The second-order valence-corrected chi connectivity index (χ2v) is 5.14. The number of nitrogens with one attached hydrogen (secondary N) is 1. The van der Waals surface area contributed by atoms with Crippen LogP contribution in [0, 0.1) is 11.3 Å². The molecule has 0 saturated heterocycles. The van der Waals surface area contributed by atoms with E-state index in [2.05, 4.69) is 37.3 Å². The molecule has 1 aromatic carbocycles. The molecule has 0 saturated carbocycles. The van der Waals surface area contributed by atoms with Crippen molar-refractivity contribution in [1.82, 2.24) is 9.97 Å². The van der Waals surface area contributed by atoms with Gasteiger partial charge in [-0.3, -0.25) is 0 Å². The Balaban J connectivity index is 2.12. The van der Waals surface area contributed by atoms with Crippen LogP contribution in [0.2, 0.25) is 0 Å². The molecule has 1 heterocycles. The Kier molecular flexibility index (Phi) is 4.91. The number of nitrogens with zero attached hydrogens (tertiary/aromatic N) is 4. The summed E-state index contributed by atoms with van der Waals surface area (Å²) in [5.41, 5.74) is 0.948. The van der Waals surface area contributed by atoms with E-state index in [1.165, 1.54) is 6.33 Å². The first kappa shape index (κ1) is 14.3. The Morgan fingerprint density at radius 1 is 1.35 bits per heavy atom. The first-order chi connectivity index (χ1) is 9.69. The number of nitriles is 1. The summed E-state index contributed by atoms with van der Waals surface area (Å²) < 4.78 is 1.00. The van der Waals surface area contributed by atoms with Crippen LogP contribution in [0.1, 0.15) is 6.42 Å². The number of anilines is 3. The lowest BCUT2D eigenvalue weighted by Gasteiger charge is -2.17. The minimum atomic E-state index is 0.467. The van der Waals surface area contributed by atoms with E-state index in [4.69, 9.17) is 5.26 Å². The molecule has 0 atom stereocenters. The van der Waals surface area contributed by atoms with Gasteiger partial charge in [0.25, 0.3) is 0 Å². The van der Waals surface area contributed by atoms with Gasteiger partial charge in [0.05, 0.1) is 12.5 Å². The van der Waals surface area contributed by atoms with Crippen LogP contribution in [0.25, 0.3) is 0 Å². The molecule has 20 heavy (non-hydrogen) atoms. The Morgan fingerprint density at radius 2 is 2.20 bits per heavy atom. The molecule has 0 aliphatic heterocycles. The Bertz CT molecular complexity index is 623. The molecular formula is C14H14BrN5. The number of benzene rings is 1. The molecule has 2 rings (SSSR count). The van der Waals surface area contributed by atoms with Crippen molar-refractivity contribution in [3.05, 3.63) is 41.1 Å². The van der Waals surface area contributed by atoms with Crippen LogP contribution in [0.15, 0.2) is 41.1 Å². The summed E-state index contributed by atoms with van der Waals surface area (Å²) in [6, 6.07) is 11.8. The van der Waals surface area contributed by atoms with Crippen molar-refractivity contribution < 1.29 is 0 Å². The van der Waals surface area contributed by atoms with E-state index in [0.29, 0.717) is 13.0 Å². The van der Waals surface area contributed by atoms with Crippen LogP contribution >= 0.6 is 15.9 Å². The zero-order valence-electron chi connectivity index (χ0n) is 11.0. The average Bonchev–Trinajstić information content (AvgIpc) is 2.45. The van der Waals surface area contributed by atoms with Crippen molar-refractivity contribution >= 4 is 33.3 Å². The number of aromatic nitrogens is 2. The fourth-order valence-electron chi connectivity index (χ4n) is 1.67. The monoisotopic (exact) mass is 331 g/mol. The van der Waals surface area contributed by atoms with Crippen molar-refractivity contribution in [2.75, 3.05) is 23.8 Å². The van der Waals surface area contributed by atoms with E-state index in [0.717, 1.165) is 21.8 Å². The molecule has 0 bridgehead atoms. The summed E-state index contributed by atoms with van der Waals surface area (Å²) in [5, 5.41) is 11.8. The molecule has 0 aliphatic carbocycles. The quantitative estimate of drug-likeness (QED) is 0.910. The molecule has 0 amide bonds. The second kappa shape index (κ2) is 6.87. The molecule has 0 unspecified atom stereocenters. The third-order valence-corrected chi connectivity index (χ3v) is 3.19. The van der Waals surface area contributed by atoms with Crippen molar-refractivity contribution in [3.63, 3.8) is 0 Å². The lowest BCUT2D eigenvalue weighted by atomic mass is 10.3. The van der Waals surface area contributed by atoms with E-state index >= 15 is 0 Å². The molecule has 2 aromatic rings. The zero-order valence-corrected chi connectivity index (χ0v) is 12.6. The van der Waals surface area contributed by atoms with Gasteiger partial charge in [-0.15, -0.1) is 0 Å². The van der Waals surface area contributed by atoms with Gasteiger partial charge < -0.3 is 10.2 Å². The van der Waals surface area contributed by atoms with E-state index in [-0.39, 0.29) is 0 Å². The largest absolute Gasteiger partial charge is 0.358 e. The molecular weight excluding hydrogens is 318 g/mol. The summed E-state index contributed by atoms with van der Waals surface area (Å²) in [6.07, 6.45) is 1.98. The highest BCUT2D eigenvalue weighted by Crippen LogP contribution is 2.20. The highest BCUT2D eigenvalue weighted by atomic mass is 79.9. The second-order valence-electron chi connectivity index (χ2n) is 4.23. The molecule has 5 nitrogen and oxygen atoms in total. The first-order valence-electron chi connectivity index (χ1n) is 6.12. The molecule has 0 fully saturated rings. The maximum atomic E-state index is 8.61. The number of rotatable bonds is 5. The van der Waals surface area contributed by atoms with E-state index in [9.17, 15) is 0 Å². The van der Waals surface area contributed by atoms with Gasteiger partial charge in [0, 0.05) is 29.8 Å². The number of hydrogen-bond donors (Lipinski definition) is 1. The van der Waals surface area contributed by atoms with Crippen LogP contribution in [0.4, 0.5) is 17.3 Å². The molecule has 0 aliphatic rings. The van der Waals surface area contributed by atoms with Gasteiger partial charge >= 0.3 is 0 Å². The highest BCUT2D eigenvalue weighted by molar-refractivity contribution is 9.10. The SMILES string of the molecule is CN(CCC#N)c1cc(Nc2cccc(Br)c2)ncn1. The summed E-state index contributed by atoms with van der Waals surface area (Å²) in [6.45, 7) is 0.643. The van der Waals surface area contributed by atoms with Gasteiger partial charge in [0.15, 0.2) is 0 Å². The van der Waals surface area contributed by atoms with Crippen LogP contribution in [0.3, 0.4) is 0 Å². The lowest BCUT2D eigenvalue weighted by Crippen LogP contribution is -2.19. The van der Waals surface area contributed by atoms with Crippen LogP contribution in [-0.4, -0.2) is 23.6 Å². The Hall–Kier alpha value is -2.13. The normalized spacial score (nSPS) is 9.85. The fraction of sp³-hybridized carbons (Fsp3) is 0.214. The zero-order chi connectivity index (χ0) is 14.4. The van der Waals surface area contributed by atoms with Gasteiger partial charge in [0.2, 0.25) is 0 Å². The van der Waals surface area contributed by atoms with Gasteiger partial charge in [-0.25, -0.2) is 9.97 Å². The number of hydrogen-bond acceptors (Lipinski definition) is 5. The Morgan fingerprint density at radius 3 is 2.95 bits per heavy atom. The molecule has 6 heteroatoms.